The summed E-state index contributed by atoms with van der Waals surface area (Å²) in [5.74, 6) is 2.59. The highest BCUT2D eigenvalue weighted by molar-refractivity contribution is 8.77. The number of rotatable bonds is 20. The van der Waals surface area contributed by atoms with Gasteiger partial charge in [0.15, 0.2) is 7.85 Å². The van der Waals surface area contributed by atoms with E-state index in [9.17, 15) is 9.59 Å². The number of nitrogens with two attached hydrogens (primary N) is 1. The van der Waals surface area contributed by atoms with Crippen LogP contribution in [0.3, 0.4) is 0 Å². The van der Waals surface area contributed by atoms with Gasteiger partial charge in [0, 0.05) is 30.5 Å². The van der Waals surface area contributed by atoms with E-state index in [1.165, 1.54) is 0 Å². The monoisotopic (exact) mass is 505 g/mol. The molecule has 0 atom stereocenters. The first kappa shape index (κ1) is 31.7. The molecule has 2 amide bonds. The molecule has 0 bridgehead atoms. The molecule has 0 saturated heterocycles. The maximum absolute atomic E-state index is 11.7. The smallest absolute Gasteiger partial charge is 0.418 e. The van der Waals surface area contributed by atoms with Gasteiger partial charge in [-0.05, 0) is 33.1 Å². The van der Waals surface area contributed by atoms with Gasteiger partial charge in [-0.2, -0.15) is 0 Å². The van der Waals surface area contributed by atoms with Gasteiger partial charge in [0.05, 0.1) is 39.6 Å². The largest absolute Gasteiger partial charge is 0.450 e. The van der Waals surface area contributed by atoms with Crippen LogP contribution in [0.4, 0.5) is 9.59 Å². The predicted octanol–water partition coefficient (Wildman–Crippen LogP) is 1.82. The molecule has 0 saturated carbocycles. The number of ether oxygens (including phenoxy) is 5. The van der Waals surface area contributed by atoms with Crippen LogP contribution < -0.4 is 16.4 Å². The molecule has 0 aromatic heterocycles. The molecule has 33 heavy (non-hydrogen) atoms. The van der Waals surface area contributed by atoms with E-state index in [4.69, 9.17) is 37.3 Å². The molecular weight excluding hydrogens is 469 g/mol. The Labute approximate surface area is 206 Å². The summed E-state index contributed by atoms with van der Waals surface area (Å²) in [4.78, 5) is 22.8. The van der Waals surface area contributed by atoms with Gasteiger partial charge in [-0.3, -0.25) is 5.32 Å². The van der Waals surface area contributed by atoms with Crippen LogP contribution in [-0.2, 0) is 23.7 Å². The van der Waals surface area contributed by atoms with Crippen molar-refractivity contribution in [2.75, 3.05) is 65.3 Å². The number of alkyl carbamates (subject to hydrolysis) is 2. The number of nitrogens with one attached hydrogen (secondary N) is 2. The standard InChI is InChI=1S/C20H36BN3O7S2/c1-20(2,5-12-31-19(26)24-9-14-28-16-15-27-13-7-22)33-32-17-29-10-3-4-11-30-18(25)23-8-6-21/h3-5,7,9-17,22H2,1-2H3,(H,23,25)(H,24,26). The molecule has 0 aliphatic heterocycles. The Morgan fingerprint density at radius 3 is 2.36 bits per heavy atom. The van der Waals surface area contributed by atoms with Gasteiger partial charge in [0.1, 0.15) is 5.94 Å². The second-order valence-corrected chi connectivity index (χ2v) is 10.0. The van der Waals surface area contributed by atoms with Crippen molar-refractivity contribution in [3.05, 3.63) is 0 Å². The highest BCUT2D eigenvalue weighted by Gasteiger charge is 2.19. The zero-order valence-corrected chi connectivity index (χ0v) is 21.2. The normalized spacial score (nSPS) is 10.8. The van der Waals surface area contributed by atoms with Gasteiger partial charge >= 0.3 is 12.2 Å². The lowest BCUT2D eigenvalue weighted by molar-refractivity contribution is 0.0512. The number of amides is 2. The van der Waals surface area contributed by atoms with Gasteiger partial charge in [0.25, 0.3) is 0 Å². The number of hydrogen-bond acceptors (Lipinski definition) is 10. The van der Waals surface area contributed by atoms with Crippen LogP contribution >= 0.6 is 21.6 Å². The second-order valence-electron chi connectivity index (χ2n) is 7.05. The summed E-state index contributed by atoms with van der Waals surface area (Å²) < 4.78 is 26.1. The first-order chi connectivity index (χ1) is 15.9. The average molecular weight is 505 g/mol. The van der Waals surface area contributed by atoms with Crippen molar-refractivity contribution in [2.45, 2.75) is 37.9 Å². The Bertz CT molecular complexity index is 578. The fourth-order valence-electron chi connectivity index (χ4n) is 1.98. The summed E-state index contributed by atoms with van der Waals surface area (Å²) in [5, 5.41) is 4.82. The third-order valence-electron chi connectivity index (χ3n) is 3.66. The lowest BCUT2D eigenvalue weighted by Gasteiger charge is -2.22. The average Bonchev–Trinajstić information content (AvgIpc) is 2.78. The van der Waals surface area contributed by atoms with E-state index in [2.05, 4.69) is 36.3 Å². The van der Waals surface area contributed by atoms with E-state index >= 15 is 0 Å². The molecule has 2 radical (unpaired) electrons. The maximum atomic E-state index is 11.7. The Balaban J connectivity index is 3.53. The molecule has 0 unspecified atom stereocenters. The quantitative estimate of drug-likeness (QED) is 0.0563. The highest BCUT2D eigenvalue weighted by Crippen LogP contribution is 2.37. The summed E-state index contributed by atoms with van der Waals surface area (Å²) in [6.07, 6.45) is 1.12. The molecule has 188 valence electrons. The number of unbranched alkanes of at least 4 members (excludes halogenated alkanes) is 1. The van der Waals surface area contributed by atoms with Gasteiger partial charge in [-0.15, -0.1) is 5.82 Å². The van der Waals surface area contributed by atoms with Gasteiger partial charge < -0.3 is 34.7 Å². The van der Waals surface area contributed by atoms with Crippen LogP contribution in [0.15, 0.2) is 0 Å². The van der Waals surface area contributed by atoms with Crippen molar-refractivity contribution in [1.29, 1.82) is 0 Å². The topological polar surface area (TPSA) is 130 Å². The van der Waals surface area contributed by atoms with Gasteiger partial charge in [-0.1, -0.05) is 21.6 Å². The molecule has 0 aromatic carbocycles. The molecule has 13 heteroatoms. The molecule has 10 nitrogen and oxygen atoms in total. The van der Waals surface area contributed by atoms with Crippen molar-refractivity contribution >= 4 is 41.6 Å². The minimum Gasteiger partial charge on any atom is -0.450 e. The lowest BCUT2D eigenvalue weighted by Crippen LogP contribution is -2.29. The molecular formula is C20H36BN3O7S2. The van der Waals surface area contributed by atoms with E-state index in [0.29, 0.717) is 78.1 Å². The van der Waals surface area contributed by atoms with Gasteiger partial charge in [-0.25, -0.2) is 9.59 Å². The van der Waals surface area contributed by atoms with E-state index in [1.807, 2.05) is 0 Å². The Hall–Kier alpha value is -1.30. The second kappa shape index (κ2) is 22.5. The van der Waals surface area contributed by atoms with Crippen molar-refractivity contribution < 1.29 is 33.3 Å². The van der Waals surface area contributed by atoms with Crippen LogP contribution in [0.5, 0.6) is 0 Å². The molecule has 0 aliphatic carbocycles. The minimum absolute atomic E-state index is 0.0748. The molecule has 0 fully saturated rings. The van der Waals surface area contributed by atoms with Crippen molar-refractivity contribution in [2.24, 2.45) is 5.73 Å². The molecule has 0 spiro atoms. The summed E-state index contributed by atoms with van der Waals surface area (Å²) in [6, 6.07) is 2.21. The van der Waals surface area contributed by atoms with Crippen LogP contribution in [0.2, 0.25) is 0 Å². The number of hydrogen-bond donors (Lipinski definition) is 3. The Morgan fingerprint density at radius 2 is 1.64 bits per heavy atom. The fraction of sp³-hybridized carbons (Fsp3) is 0.800. The Kier molecular flexibility index (Phi) is 21.6. The summed E-state index contributed by atoms with van der Waals surface area (Å²) in [5.41, 5.74) is 5.31. The number of carbonyl (C=O) groups excluding carboxylic acids is 2. The molecule has 0 heterocycles. The Morgan fingerprint density at radius 1 is 0.939 bits per heavy atom. The minimum atomic E-state index is -0.612. The van der Waals surface area contributed by atoms with Gasteiger partial charge in [0.2, 0.25) is 0 Å². The summed E-state index contributed by atoms with van der Waals surface area (Å²) in [7, 11) is 8.22. The fourth-order valence-corrected chi connectivity index (χ4v) is 4.26. The summed E-state index contributed by atoms with van der Waals surface area (Å²) in [6.45, 7) is 8.09. The molecule has 4 N–H and O–H groups in total. The summed E-state index contributed by atoms with van der Waals surface area (Å²) >= 11 is 0. The highest BCUT2D eigenvalue weighted by atomic mass is 33.1. The third kappa shape index (κ3) is 23.7. The van der Waals surface area contributed by atoms with Crippen LogP contribution in [0, 0.1) is 11.9 Å². The third-order valence-corrected chi connectivity index (χ3v) is 6.69. The van der Waals surface area contributed by atoms with E-state index in [0.717, 1.165) is 6.42 Å². The molecule has 0 aromatic rings. The zero-order chi connectivity index (χ0) is 24.6. The van der Waals surface area contributed by atoms with Crippen LogP contribution in [-0.4, -0.2) is 90.1 Å². The van der Waals surface area contributed by atoms with Crippen molar-refractivity contribution in [3.8, 4) is 11.9 Å². The first-order valence-corrected chi connectivity index (χ1v) is 13.0. The maximum Gasteiger partial charge on any atom is 0.418 e. The SMILES string of the molecule is [B]C#CNC(=O)OCCCCOCSSC(C)(C)CCOC(=O)NCCOCCOCCN. The van der Waals surface area contributed by atoms with E-state index in [1.54, 1.807) is 21.6 Å². The molecule has 0 rings (SSSR count). The van der Waals surface area contributed by atoms with E-state index < -0.39 is 12.2 Å². The predicted molar refractivity (Wildman–Crippen MR) is 132 cm³/mol. The van der Waals surface area contributed by atoms with Crippen molar-refractivity contribution in [3.63, 3.8) is 0 Å². The lowest BCUT2D eigenvalue weighted by atomic mass is 10.1. The molecule has 0 aliphatic rings. The van der Waals surface area contributed by atoms with Crippen LogP contribution in [0.1, 0.15) is 33.1 Å². The first-order valence-electron chi connectivity index (χ1n) is 10.7. The number of carbonyl (C=O) groups is 2. The van der Waals surface area contributed by atoms with Crippen molar-refractivity contribution in [1.82, 2.24) is 10.6 Å². The van der Waals surface area contributed by atoms with Crippen LogP contribution in [0.25, 0.3) is 0 Å². The zero-order valence-electron chi connectivity index (χ0n) is 19.5. The van der Waals surface area contributed by atoms with E-state index in [-0.39, 0.29) is 4.75 Å².